The highest BCUT2D eigenvalue weighted by Crippen LogP contribution is 2.19. The van der Waals surface area contributed by atoms with Crippen molar-refractivity contribution in [3.63, 3.8) is 0 Å². The van der Waals surface area contributed by atoms with Crippen molar-refractivity contribution in [1.82, 2.24) is 0 Å². The van der Waals surface area contributed by atoms with Crippen LogP contribution in [0.4, 0.5) is 0 Å². The van der Waals surface area contributed by atoms with Gasteiger partial charge in [0.05, 0.1) is 26.4 Å². The second-order valence-corrected chi connectivity index (χ2v) is 10.6. The average molecular weight is 565 g/mol. The molecule has 0 aliphatic carbocycles. The van der Waals surface area contributed by atoms with Crippen LogP contribution in [0.25, 0.3) is 0 Å². The minimum Gasteiger partial charge on any atom is -0.462 e. The number of thiophene rings is 1. The first-order chi connectivity index (χ1) is 18.7. The van der Waals surface area contributed by atoms with Gasteiger partial charge < -0.3 is 18.9 Å². The standard InChI is InChI=1S/C30H44O8S/c1-23(2)27(31)35-19-13-9-5-7-11-15-21-37-29(33)25-17-18-26(39-25)30(34)38-22-16-12-8-6-10-14-20-36-28(32)24(3)4/h17-18H,1,3,5-16,19-22H2,2,4H3. The molecule has 8 nitrogen and oxygen atoms in total. The van der Waals surface area contributed by atoms with Crippen LogP contribution in [0.3, 0.4) is 0 Å². The summed E-state index contributed by atoms with van der Waals surface area (Å²) in [6.45, 7) is 11.9. The summed E-state index contributed by atoms with van der Waals surface area (Å²) in [5.41, 5.74) is 0.826. The highest BCUT2D eigenvalue weighted by molar-refractivity contribution is 7.15. The molecule has 0 aliphatic heterocycles. The Morgan fingerprint density at radius 3 is 1.13 bits per heavy atom. The van der Waals surface area contributed by atoms with Crippen LogP contribution in [0, 0.1) is 0 Å². The number of rotatable bonds is 22. The van der Waals surface area contributed by atoms with E-state index in [1.165, 1.54) is 0 Å². The van der Waals surface area contributed by atoms with Gasteiger partial charge in [0.15, 0.2) is 0 Å². The number of hydrogen-bond donors (Lipinski definition) is 0. The highest BCUT2D eigenvalue weighted by Gasteiger charge is 2.16. The smallest absolute Gasteiger partial charge is 0.348 e. The molecule has 1 aromatic rings. The third-order valence-electron chi connectivity index (χ3n) is 5.72. The Labute approximate surface area is 236 Å². The molecule has 0 radical (unpaired) electrons. The molecular formula is C30H44O8S. The zero-order chi connectivity index (χ0) is 28.9. The van der Waals surface area contributed by atoms with Gasteiger partial charge in [0.25, 0.3) is 0 Å². The molecule has 0 N–H and O–H groups in total. The van der Waals surface area contributed by atoms with Gasteiger partial charge in [-0.25, -0.2) is 19.2 Å². The van der Waals surface area contributed by atoms with Crippen LogP contribution in [0.2, 0.25) is 0 Å². The summed E-state index contributed by atoms with van der Waals surface area (Å²) in [4.78, 5) is 47.8. The van der Waals surface area contributed by atoms with E-state index in [0.29, 0.717) is 47.3 Å². The lowest BCUT2D eigenvalue weighted by atomic mass is 10.1. The maximum Gasteiger partial charge on any atom is 0.348 e. The lowest BCUT2D eigenvalue weighted by molar-refractivity contribution is -0.139. The van der Waals surface area contributed by atoms with Crippen molar-refractivity contribution in [2.45, 2.75) is 90.9 Å². The second-order valence-electron chi connectivity index (χ2n) is 9.51. The summed E-state index contributed by atoms with van der Waals surface area (Å²) >= 11 is 1.08. The molecule has 0 spiro atoms. The molecule has 1 heterocycles. The monoisotopic (exact) mass is 564 g/mol. The van der Waals surface area contributed by atoms with Gasteiger partial charge in [-0.3, -0.25) is 0 Å². The molecular weight excluding hydrogens is 520 g/mol. The Bertz CT molecular complexity index is 861. The quantitative estimate of drug-likeness (QED) is 0.0643. The molecule has 39 heavy (non-hydrogen) atoms. The third-order valence-corrected chi connectivity index (χ3v) is 6.76. The lowest BCUT2D eigenvalue weighted by Gasteiger charge is -2.05. The highest BCUT2D eigenvalue weighted by atomic mass is 32.1. The van der Waals surface area contributed by atoms with E-state index in [4.69, 9.17) is 18.9 Å². The topological polar surface area (TPSA) is 105 Å². The van der Waals surface area contributed by atoms with Crippen molar-refractivity contribution in [1.29, 1.82) is 0 Å². The van der Waals surface area contributed by atoms with Gasteiger partial charge in [0.1, 0.15) is 9.75 Å². The van der Waals surface area contributed by atoms with Crippen molar-refractivity contribution < 1.29 is 38.1 Å². The summed E-state index contributed by atoms with van der Waals surface area (Å²) in [6, 6.07) is 3.19. The molecule has 0 aliphatic rings. The van der Waals surface area contributed by atoms with E-state index >= 15 is 0 Å². The first kappa shape index (κ1) is 34.1. The van der Waals surface area contributed by atoms with Crippen LogP contribution in [-0.4, -0.2) is 50.3 Å². The van der Waals surface area contributed by atoms with E-state index < -0.39 is 11.9 Å². The van der Waals surface area contributed by atoms with Gasteiger partial charge in [0.2, 0.25) is 0 Å². The van der Waals surface area contributed by atoms with Crippen LogP contribution in [-0.2, 0) is 28.5 Å². The number of esters is 4. The summed E-state index contributed by atoms with van der Waals surface area (Å²) < 4.78 is 20.8. The zero-order valence-electron chi connectivity index (χ0n) is 23.6. The normalized spacial score (nSPS) is 10.5. The minimum atomic E-state index is -0.423. The van der Waals surface area contributed by atoms with E-state index in [1.807, 2.05) is 0 Å². The third kappa shape index (κ3) is 16.6. The van der Waals surface area contributed by atoms with Crippen molar-refractivity contribution in [3.05, 3.63) is 46.2 Å². The molecule has 0 fully saturated rings. The van der Waals surface area contributed by atoms with Crippen molar-refractivity contribution in [2.24, 2.45) is 0 Å². The molecule has 0 aromatic carbocycles. The predicted octanol–water partition coefficient (Wildman–Crippen LogP) is 6.98. The van der Waals surface area contributed by atoms with Crippen LogP contribution in [0.15, 0.2) is 36.4 Å². The van der Waals surface area contributed by atoms with E-state index in [-0.39, 0.29) is 11.9 Å². The Morgan fingerprint density at radius 1 is 0.538 bits per heavy atom. The van der Waals surface area contributed by atoms with Crippen molar-refractivity contribution in [3.8, 4) is 0 Å². The molecule has 0 saturated carbocycles. The Balaban J connectivity index is 2.04. The van der Waals surface area contributed by atoms with Crippen LogP contribution in [0.5, 0.6) is 0 Å². The maximum absolute atomic E-state index is 12.2. The molecule has 0 bridgehead atoms. The fraction of sp³-hybridized carbons (Fsp3) is 0.600. The molecule has 1 rings (SSSR count). The predicted molar refractivity (Wildman–Crippen MR) is 152 cm³/mol. The Kier molecular flexibility index (Phi) is 18.3. The zero-order valence-corrected chi connectivity index (χ0v) is 24.4. The minimum absolute atomic E-state index is 0.340. The van der Waals surface area contributed by atoms with E-state index in [9.17, 15) is 19.2 Å². The number of ether oxygens (including phenoxy) is 4. The molecule has 0 saturated heterocycles. The van der Waals surface area contributed by atoms with Gasteiger partial charge >= 0.3 is 23.9 Å². The molecule has 0 amide bonds. The first-order valence-electron chi connectivity index (χ1n) is 13.8. The summed E-state index contributed by atoms with van der Waals surface area (Å²) in [6.07, 6.45) is 11.2. The van der Waals surface area contributed by atoms with Crippen molar-refractivity contribution >= 4 is 35.2 Å². The van der Waals surface area contributed by atoms with Crippen LogP contribution >= 0.6 is 11.3 Å². The summed E-state index contributed by atoms with van der Waals surface area (Å²) in [5.74, 6) is -1.54. The SMILES string of the molecule is C=C(C)C(=O)OCCCCCCCCOC(=O)c1ccc(C(=O)OCCCCCCCCOC(=O)C(=C)C)s1. The number of carbonyl (C=O) groups is 4. The van der Waals surface area contributed by atoms with Crippen LogP contribution < -0.4 is 0 Å². The van der Waals surface area contributed by atoms with Gasteiger partial charge in [-0.2, -0.15) is 0 Å². The second kappa shape index (κ2) is 21.0. The first-order valence-corrected chi connectivity index (χ1v) is 14.6. The number of carbonyl (C=O) groups excluding carboxylic acids is 4. The van der Waals surface area contributed by atoms with Gasteiger partial charge in [0, 0.05) is 11.1 Å². The van der Waals surface area contributed by atoms with Crippen LogP contribution in [0.1, 0.15) is 110 Å². The molecule has 0 unspecified atom stereocenters. The maximum atomic E-state index is 12.2. The largest absolute Gasteiger partial charge is 0.462 e. The van der Waals surface area contributed by atoms with Gasteiger partial charge in [-0.1, -0.05) is 64.5 Å². The van der Waals surface area contributed by atoms with Gasteiger partial charge in [-0.05, 0) is 51.7 Å². The fourth-order valence-electron chi connectivity index (χ4n) is 3.43. The summed E-state index contributed by atoms with van der Waals surface area (Å²) in [5, 5.41) is 0. The molecule has 218 valence electrons. The average Bonchev–Trinajstić information content (AvgIpc) is 3.40. The van der Waals surface area contributed by atoms with E-state index in [2.05, 4.69) is 13.2 Å². The lowest BCUT2D eigenvalue weighted by Crippen LogP contribution is -2.06. The Morgan fingerprint density at radius 2 is 0.821 bits per heavy atom. The van der Waals surface area contributed by atoms with Gasteiger partial charge in [-0.15, -0.1) is 11.3 Å². The fourth-order valence-corrected chi connectivity index (χ4v) is 4.22. The number of unbranched alkanes of at least 4 members (excludes halogenated alkanes) is 10. The van der Waals surface area contributed by atoms with Crippen molar-refractivity contribution in [2.75, 3.05) is 26.4 Å². The summed E-state index contributed by atoms with van der Waals surface area (Å²) in [7, 11) is 0. The molecule has 0 atom stereocenters. The Hall–Kier alpha value is -2.94. The molecule has 9 heteroatoms. The van der Waals surface area contributed by atoms with E-state index in [1.54, 1.807) is 26.0 Å². The number of hydrogen-bond acceptors (Lipinski definition) is 9. The van der Waals surface area contributed by atoms with E-state index in [0.717, 1.165) is 88.4 Å². The molecule has 1 aromatic heterocycles.